The van der Waals surface area contributed by atoms with E-state index in [1.54, 1.807) is 0 Å². The lowest BCUT2D eigenvalue weighted by molar-refractivity contribution is 0.0804. The van der Waals surface area contributed by atoms with E-state index in [2.05, 4.69) is 0 Å². The van der Waals surface area contributed by atoms with Crippen molar-refractivity contribution in [3.05, 3.63) is 17.0 Å². The molecule has 0 aliphatic heterocycles. The molecule has 0 saturated carbocycles. The number of sulfone groups is 1. The van der Waals surface area contributed by atoms with Crippen LogP contribution >= 0.6 is 11.3 Å². The molecule has 19 heavy (non-hydrogen) atoms. The molecular weight excluding hydrogens is 312 g/mol. The number of primary sulfonamides is 1. The highest BCUT2D eigenvalue weighted by Gasteiger charge is 2.18. The van der Waals surface area contributed by atoms with Crippen molar-refractivity contribution in [3.63, 3.8) is 0 Å². The second kappa shape index (κ2) is 5.57. The minimum atomic E-state index is -3.82. The fourth-order valence-electron chi connectivity index (χ4n) is 1.20. The molecule has 10 heteroatoms. The summed E-state index contributed by atoms with van der Waals surface area (Å²) >= 11 is 0.847. The molecule has 0 saturated heterocycles. The summed E-state index contributed by atoms with van der Waals surface area (Å²) < 4.78 is 44.1. The molecule has 2 N–H and O–H groups in total. The van der Waals surface area contributed by atoms with Crippen LogP contribution in [0, 0.1) is 0 Å². The quantitative estimate of drug-likeness (QED) is 0.784. The van der Waals surface area contributed by atoms with Crippen molar-refractivity contribution in [2.24, 2.45) is 5.14 Å². The topological polar surface area (TPSA) is 115 Å². The summed E-state index contributed by atoms with van der Waals surface area (Å²) in [6.45, 7) is 0.0399. The highest BCUT2D eigenvalue weighted by atomic mass is 32.2. The molecule has 0 atom stereocenters. The lowest BCUT2D eigenvalue weighted by atomic mass is 10.3. The van der Waals surface area contributed by atoms with E-state index in [-0.39, 0.29) is 22.1 Å². The minimum Gasteiger partial charge on any atom is -0.341 e. The first kappa shape index (κ1) is 16.1. The zero-order valence-electron chi connectivity index (χ0n) is 10.4. The van der Waals surface area contributed by atoms with Crippen molar-refractivity contribution >= 4 is 37.1 Å². The van der Waals surface area contributed by atoms with E-state index in [0.29, 0.717) is 0 Å². The smallest absolute Gasteiger partial charge is 0.254 e. The van der Waals surface area contributed by atoms with Crippen LogP contribution in [0.15, 0.2) is 15.7 Å². The third kappa shape index (κ3) is 4.90. The first-order valence-corrected chi connectivity index (χ1v) is 9.54. The maximum absolute atomic E-state index is 11.9. The van der Waals surface area contributed by atoms with Gasteiger partial charge < -0.3 is 4.90 Å². The summed E-state index contributed by atoms with van der Waals surface area (Å²) in [6.07, 6.45) is 1.08. The maximum Gasteiger partial charge on any atom is 0.254 e. The van der Waals surface area contributed by atoms with E-state index in [4.69, 9.17) is 5.14 Å². The van der Waals surface area contributed by atoms with Crippen molar-refractivity contribution in [1.82, 2.24) is 4.90 Å². The Balaban J connectivity index is 2.81. The largest absolute Gasteiger partial charge is 0.341 e. The molecule has 0 spiro atoms. The molecular formula is C9H14N2O5S3. The fraction of sp³-hybridized carbons (Fsp3) is 0.444. The normalized spacial score (nSPS) is 12.4. The van der Waals surface area contributed by atoms with Crippen LogP contribution in [0.5, 0.6) is 0 Å². The molecule has 1 aromatic heterocycles. The summed E-state index contributed by atoms with van der Waals surface area (Å²) in [5, 5.41) is 6.31. The monoisotopic (exact) mass is 326 g/mol. The highest BCUT2D eigenvalue weighted by molar-refractivity contribution is 7.91. The number of rotatable bonds is 5. The zero-order valence-corrected chi connectivity index (χ0v) is 12.8. The van der Waals surface area contributed by atoms with Crippen molar-refractivity contribution in [1.29, 1.82) is 0 Å². The van der Waals surface area contributed by atoms with Gasteiger partial charge in [-0.2, -0.15) is 0 Å². The summed E-state index contributed by atoms with van der Waals surface area (Å²) in [5.74, 6) is -0.601. The standard InChI is InChI=1S/C9H14N2O5S3/c1-11(3-4-18(2,13)14)9(12)7-5-8(17-6-7)19(10,15)16/h5-6H,3-4H2,1-2H3,(H2,10,15,16). The van der Waals surface area contributed by atoms with Crippen LogP contribution in [0.2, 0.25) is 0 Å². The third-order valence-corrected chi connectivity index (χ3v) is 5.56. The molecule has 7 nitrogen and oxygen atoms in total. The number of nitrogens with two attached hydrogens (primary N) is 1. The second-order valence-corrected chi connectivity index (χ2v) is 9.02. The van der Waals surface area contributed by atoms with Crippen LogP contribution in [-0.2, 0) is 19.9 Å². The van der Waals surface area contributed by atoms with Gasteiger partial charge in [-0.15, -0.1) is 11.3 Å². The average molecular weight is 326 g/mol. The molecule has 1 heterocycles. The molecule has 0 radical (unpaired) electrons. The van der Waals surface area contributed by atoms with Gasteiger partial charge in [0.15, 0.2) is 0 Å². The Kier molecular flexibility index (Phi) is 4.72. The number of thiophene rings is 1. The number of sulfonamides is 1. The Morgan fingerprint density at radius 3 is 2.37 bits per heavy atom. The van der Waals surface area contributed by atoms with Crippen LogP contribution < -0.4 is 5.14 Å². The van der Waals surface area contributed by atoms with Crippen LogP contribution in [0.25, 0.3) is 0 Å². The summed E-state index contributed by atoms with van der Waals surface area (Å²) in [7, 11) is -5.54. The van der Waals surface area contributed by atoms with Gasteiger partial charge in [0.25, 0.3) is 5.91 Å². The molecule has 108 valence electrons. The zero-order chi connectivity index (χ0) is 14.8. The molecule has 0 bridgehead atoms. The SMILES string of the molecule is CN(CCS(C)(=O)=O)C(=O)c1csc(S(N)(=O)=O)c1. The number of nitrogens with zero attached hydrogens (tertiary/aromatic N) is 1. The number of amides is 1. The Labute approximate surface area is 116 Å². The molecule has 1 rings (SSSR count). The van der Waals surface area contributed by atoms with Crippen LogP contribution in [-0.4, -0.2) is 53.2 Å². The summed E-state index contributed by atoms with van der Waals surface area (Å²) in [5.41, 5.74) is 0.171. The van der Waals surface area contributed by atoms with E-state index in [9.17, 15) is 21.6 Å². The first-order chi connectivity index (χ1) is 8.50. The first-order valence-electron chi connectivity index (χ1n) is 5.05. The minimum absolute atomic E-state index is 0.0399. The van der Waals surface area contributed by atoms with Gasteiger partial charge in [0.1, 0.15) is 14.0 Å². The molecule has 0 aromatic carbocycles. The Morgan fingerprint density at radius 1 is 1.37 bits per heavy atom. The lowest BCUT2D eigenvalue weighted by Crippen LogP contribution is -2.31. The predicted octanol–water partition coefficient (Wildman–Crippen LogP) is -0.488. The van der Waals surface area contributed by atoms with E-state index in [0.717, 1.165) is 17.6 Å². The highest BCUT2D eigenvalue weighted by Crippen LogP contribution is 2.19. The number of hydrogen-bond acceptors (Lipinski definition) is 6. The van der Waals surface area contributed by atoms with Crippen molar-refractivity contribution in [2.45, 2.75) is 4.21 Å². The fourth-order valence-corrected chi connectivity index (χ4v) is 3.39. The number of carbonyl (C=O) groups is 1. The van der Waals surface area contributed by atoms with Gasteiger partial charge >= 0.3 is 0 Å². The molecule has 1 aromatic rings. The molecule has 0 fully saturated rings. The number of carbonyl (C=O) groups excluding carboxylic acids is 1. The van der Waals surface area contributed by atoms with Gasteiger partial charge in [0.2, 0.25) is 10.0 Å². The van der Waals surface area contributed by atoms with E-state index in [1.807, 2.05) is 0 Å². The third-order valence-electron chi connectivity index (χ3n) is 2.25. The van der Waals surface area contributed by atoms with E-state index >= 15 is 0 Å². The van der Waals surface area contributed by atoms with Gasteiger partial charge in [-0.25, -0.2) is 22.0 Å². The molecule has 0 aliphatic carbocycles. The maximum atomic E-state index is 11.9. The summed E-state index contributed by atoms with van der Waals surface area (Å²) in [4.78, 5) is 13.1. The van der Waals surface area contributed by atoms with Gasteiger partial charge in [-0.3, -0.25) is 4.79 Å². The predicted molar refractivity (Wildman–Crippen MR) is 72.4 cm³/mol. The van der Waals surface area contributed by atoms with Crippen LogP contribution in [0.1, 0.15) is 10.4 Å². The van der Waals surface area contributed by atoms with Gasteiger partial charge in [0.05, 0.1) is 11.3 Å². The van der Waals surface area contributed by atoms with E-state index < -0.39 is 25.8 Å². The molecule has 0 unspecified atom stereocenters. The summed E-state index contributed by atoms with van der Waals surface area (Å²) in [6, 6.07) is 1.18. The lowest BCUT2D eigenvalue weighted by Gasteiger charge is -2.15. The Bertz CT molecular complexity index is 674. The van der Waals surface area contributed by atoms with Crippen molar-refractivity contribution < 1.29 is 21.6 Å². The average Bonchev–Trinajstić information content (AvgIpc) is 2.72. The van der Waals surface area contributed by atoms with Crippen LogP contribution in [0.3, 0.4) is 0 Å². The number of hydrogen-bond donors (Lipinski definition) is 1. The Morgan fingerprint density at radius 2 is 1.95 bits per heavy atom. The molecule has 0 aliphatic rings. The second-order valence-electron chi connectivity index (χ2n) is 4.06. The van der Waals surface area contributed by atoms with Crippen molar-refractivity contribution in [3.8, 4) is 0 Å². The van der Waals surface area contributed by atoms with Gasteiger partial charge in [-0.1, -0.05) is 0 Å². The van der Waals surface area contributed by atoms with E-state index in [1.165, 1.54) is 23.4 Å². The van der Waals surface area contributed by atoms with Gasteiger partial charge in [0, 0.05) is 25.2 Å². The van der Waals surface area contributed by atoms with Gasteiger partial charge in [-0.05, 0) is 6.07 Å². The van der Waals surface area contributed by atoms with Crippen LogP contribution in [0.4, 0.5) is 0 Å². The molecule has 1 amide bonds. The van der Waals surface area contributed by atoms with Crippen molar-refractivity contribution in [2.75, 3.05) is 25.6 Å². The Hall–Kier alpha value is -0.970.